The van der Waals surface area contributed by atoms with E-state index in [-0.39, 0.29) is 0 Å². The molecule has 2 rings (SSSR count). The summed E-state index contributed by atoms with van der Waals surface area (Å²) in [5.74, 6) is -1.12. The molecule has 1 aromatic carbocycles. The Kier molecular flexibility index (Phi) is 3.80. The van der Waals surface area contributed by atoms with Gasteiger partial charge >= 0.3 is 12.0 Å². The molecule has 0 radical (unpaired) electrons. The van der Waals surface area contributed by atoms with Crippen LogP contribution in [0.3, 0.4) is 0 Å². The van der Waals surface area contributed by atoms with Crippen LogP contribution in [0.5, 0.6) is 0 Å². The van der Waals surface area contributed by atoms with Crippen LogP contribution in [-0.4, -0.2) is 36.5 Å². The zero-order valence-electron chi connectivity index (χ0n) is 11.0. The van der Waals surface area contributed by atoms with Gasteiger partial charge < -0.3 is 10.1 Å². The lowest BCUT2D eigenvalue weighted by Gasteiger charge is -2.22. The van der Waals surface area contributed by atoms with E-state index in [0.29, 0.717) is 5.56 Å². The first-order chi connectivity index (χ1) is 9.38. The van der Waals surface area contributed by atoms with E-state index < -0.39 is 30.0 Å². The average Bonchev–Trinajstić information content (AvgIpc) is 2.64. The molecule has 1 fully saturated rings. The van der Waals surface area contributed by atoms with Crippen LogP contribution < -0.4 is 5.32 Å². The highest BCUT2D eigenvalue weighted by Gasteiger charge is 2.49. The molecule has 0 aromatic heterocycles. The van der Waals surface area contributed by atoms with Gasteiger partial charge in [0.2, 0.25) is 0 Å². The van der Waals surface area contributed by atoms with E-state index >= 15 is 0 Å². The van der Waals surface area contributed by atoms with Crippen molar-refractivity contribution in [1.29, 1.82) is 0 Å². The van der Waals surface area contributed by atoms with Gasteiger partial charge in [0.25, 0.3) is 5.91 Å². The number of urea groups is 1. The third kappa shape index (κ3) is 2.40. The molecule has 1 N–H and O–H groups in total. The molecule has 0 saturated carbocycles. The number of nitrogens with zero attached hydrogens (tertiary/aromatic N) is 1. The van der Waals surface area contributed by atoms with Gasteiger partial charge in [-0.15, -0.1) is 0 Å². The highest BCUT2D eigenvalue weighted by Crippen LogP contribution is 2.29. The molecule has 0 spiro atoms. The molecule has 3 amide bonds. The summed E-state index contributed by atoms with van der Waals surface area (Å²) in [5.41, 5.74) is -0.530. The van der Waals surface area contributed by atoms with E-state index in [4.69, 9.17) is 0 Å². The first-order valence-corrected chi connectivity index (χ1v) is 6.65. The third-order valence-electron chi connectivity index (χ3n) is 3.21. The predicted molar refractivity (Wildman–Crippen MR) is 73.8 cm³/mol. The van der Waals surface area contributed by atoms with Crippen molar-refractivity contribution in [2.45, 2.75) is 12.5 Å². The van der Waals surface area contributed by atoms with E-state index in [9.17, 15) is 14.4 Å². The minimum atomic E-state index is -1.17. The van der Waals surface area contributed by atoms with Crippen molar-refractivity contribution < 1.29 is 19.1 Å². The molecule has 1 aliphatic rings. The van der Waals surface area contributed by atoms with Crippen LogP contribution in [-0.2, 0) is 19.9 Å². The maximum absolute atomic E-state index is 12.4. The molecule has 1 aromatic rings. The van der Waals surface area contributed by atoms with Crippen LogP contribution in [0.4, 0.5) is 4.79 Å². The number of carbonyl (C=O) groups excluding carboxylic acids is 3. The van der Waals surface area contributed by atoms with E-state index in [1.54, 1.807) is 31.2 Å². The van der Waals surface area contributed by atoms with Crippen molar-refractivity contribution in [3.63, 3.8) is 0 Å². The molecule has 6 nitrogen and oxygen atoms in total. The Morgan fingerprint density at radius 2 is 1.95 bits per heavy atom. The summed E-state index contributed by atoms with van der Waals surface area (Å²) in [7, 11) is 1.20. The second-order valence-electron chi connectivity index (χ2n) is 4.53. The number of halogens is 1. The van der Waals surface area contributed by atoms with Gasteiger partial charge in [0, 0.05) is 4.47 Å². The molecular weight excluding hydrogens is 328 g/mol. The summed E-state index contributed by atoms with van der Waals surface area (Å²) < 4.78 is 5.35. The lowest BCUT2D eigenvalue weighted by atomic mass is 9.92. The van der Waals surface area contributed by atoms with Crippen molar-refractivity contribution in [2.75, 3.05) is 13.7 Å². The van der Waals surface area contributed by atoms with Gasteiger partial charge in [-0.2, -0.15) is 0 Å². The van der Waals surface area contributed by atoms with Crippen molar-refractivity contribution in [3.05, 3.63) is 34.3 Å². The third-order valence-corrected chi connectivity index (χ3v) is 3.74. The zero-order chi connectivity index (χ0) is 14.9. The van der Waals surface area contributed by atoms with Crippen molar-refractivity contribution in [3.8, 4) is 0 Å². The fourth-order valence-corrected chi connectivity index (χ4v) is 2.28. The Morgan fingerprint density at radius 1 is 1.35 bits per heavy atom. The van der Waals surface area contributed by atoms with E-state index in [0.717, 1.165) is 9.37 Å². The molecule has 0 bridgehead atoms. The van der Waals surface area contributed by atoms with Gasteiger partial charge in [-0.05, 0) is 24.6 Å². The maximum Gasteiger partial charge on any atom is 0.325 e. The molecule has 1 saturated heterocycles. The maximum atomic E-state index is 12.4. The molecule has 1 heterocycles. The van der Waals surface area contributed by atoms with Crippen molar-refractivity contribution in [2.24, 2.45) is 0 Å². The number of nitrogens with one attached hydrogen (secondary N) is 1. The molecule has 1 aliphatic heterocycles. The molecular formula is C13H13BrN2O4. The SMILES string of the molecule is COC(=O)CN1C(=O)NC(C)(c2ccc(Br)cc2)C1=O. The summed E-state index contributed by atoms with van der Waals surface area (Å²) in [6.45, 7) is 1.21. The summed E-state index contributed by atoms with van der Waals surface area (Å²) in [6, 6.07) is 6.44. The first-order valence-electron chi connectivity index (χ1n) is 5.85. The molecule has 20 heavy (non-hydrogen) atoms. The normalized spacial score (nSPS) is 21.9. The number of hydrogen-bond donors (Lipinski definition) is 1. The largest absolute Gasteiger partial charge is 0.468 e. The highest BCUT2D eigenvalue weighted by atomic mass is 79.9. The summed E-state index contributed by atoms with van der Waals surface area (Å²) in [5, 5.41) is 2.61. The van der Waals surface area contributed by atoms with Gasteiger partial charge in [-0.3, -0.25) is 14.5 Å². The average molecular weight is 341 g/mol. The van der Waals surface area contributed by atoms with Crippen LogP contribution in [0.25, 0.3) is 0 Å². The van der Waals surface area contributed by atoms with Crippen LogP contribution in [0.15, 0.2) is 28.7 Å². The number of carbonyl (C=O) groups is 3. The zero-order valence-corrected chi connectivity index (χ0v) is 12.6. The highest BCUT2D eigenvalue weighted by molar-refractivity contribution is 9.10. The Bertz CT molecular complexity index is 572. The number of methoxy groups -OCH3 is 1. The summed E-state index contributed by atoms with van der Waals surface area (Å²) >= 11 is 3.31. The fraction of sp³-hybridized carbons (Fsp3) is 0.308. The predicted octanol–water partition coefficient (Wildman–Crippen LogP) is 1.39. The van der Waals surface area contributed by atoms with Crippen molar-refractivity contribution >= 4 is 33.8 Å². The van der Waals surface area contributed by atoms with Gasteiger partial charge in [0.05, 0.1) is 7.11 Å². The minimum Gasteiger partial charge on any atom is -0.468 e. The molecule has 7 heteroatoms. The van der Waals surface area contributed by atoms with Gasteiger partial charge in [-0.25, -0.2) is 4.79 Å². The van der Waals surface area contributed by atoms with Crippen molar-refractivity contribution in [1.82, 2.24) is 10.2 Å². The Balaban J connectivity index is 2.30. The number of benzene rings is 1. The number of ether oxygens (including phenoxy) is 1. The van der Waals surface area contributed by atoms with Crippen LogP contribution in [0.2, 0.25) is 0 Å². The minimum absolute atomic E-state index is 0.396. The second kappa shape index (κ2) is 5.24. The molecule has 0 aliphatic carbocycles. The lowest BCUT2D eigenvalue weighted by Crippen LogP contribution is -2.41. The molecule has 1 unspecified atom stereocenters. The van der Waals surface area contributed by atoms with Crippen LogP contribution in [0.1, 0.15) is 12.5 Å². The van der Waals surface area contributed by atoms with E-state index in [1.807, 2.05) is 0 Å². The first kappa shape index (κ1) is 14.5. The van der Waals surface area contributed by atoms with Gasteiger partial charge in [0.15, 0.2) is 0 Å². The fourth-order valence-electron chi connectivity index (χ4n) is 2.01. The number of hydrogen-bond acceptors (Lipinski definition) is 4. The Labute approximate surface area is 124 Å². The number of esters is 1. The standard InChI is InChI=1S/C13H13BrN2O4/c1-13(8-3-5-9(14)6-4-8)11(18)16(12(19)15-13)7-10(17)20-2/h3-6H,7H2,1-2H3,(H,15,19). The van der Waals surface area contributed by atoms with Crippen LogP contribution in [0, 0.1) is 0 Å². The van der Waals surface area contributed by atoms with E-state index in [2.05, 4.69) is 26.0 Å². The summed E-state index contributed by atoms with van der Waals surface area (Å²) in [6.07, 6.45) is 0. The Hall–Kier alpha value is -1.89. The number of rotatable bonds is 3. The smallest absolute Gasteiger partial charge is 0.325 e. The molecule has 1 atom stereocenters. The monoisotopic (exact) mass is 340 g/mol. The quantitative estimate of drug-likeness (QED) is 0.666. The van der Waals surface area contributed by atoms with Gasteiger partial charge in [0.1, 0.15) is 12.1 Å². The molecule has 106 valence electrons. The second-order valence-corrected chi connectivity index (χ2v) is 5.45. The number of imide groups is 1. The lowest BCUT2D eigenvalue weighted by molar-refractivity contribution is -0.145. The Morgan fingerprint density at radius 3 is 2.50 bits per heavy atom. The summed E-state index contributed by atoms with van der Waals surface area (Å²) in [4.78, 5) is 36.4. The van der Waals surface area contributed by atoms with E-state index in [1.165, 1.54) is 7.11 Å². The van der Waals surface area contributed by atoms with Crippen LogP contribution >= 0.6 is 15.9 Å². The number of amides is 3. The van der Waals surface area contributed by atoms with Gasteiger partial charge in [-0.1, -0.05) is 28.1 Å². The topological polar surface area (TPSA) is 75.7 Å².